The summed E-state index contributed by atoms with van der Waals surface area (Å²) in [6.07, 6.45) is -3.39. The summed E-state index contributed by atoms with van der Waals surface area (Å²) in [6, 6.07) is 8.57. The summed E-state index contributed by atoms with van der Waals surface area (Å²) in [5.74, 6) is -0.681. The maximum Gasteiger partial charge on any atom is 0.391 e. The van der Waals surface area contributed by atoms with Crippen molar-refractivity contribution in [2.24, 2.45) is 5.92 Å². The van der Waals surface area contributed by atoms with Gasteiger partial charge in [-0.05, 0) is 43.4 Å². The highest BCUT2D eigenvalue weighted by Gasteiger charge is 2.42. The van der Waals surface area contributed by atoms with Crippen LogP contribution in [0.1, 0.15) is 43.0 Å². The Morgan fingerprint density at radius 1 is 1.19 bits per heavy atom. The van der Waals surface area contributed by atoms with E-state index in [1.54, 1.807) is 31.3 Å². The van der Waals surface area contributed by atoms with E-state index in [-0.39, 0.29) is 24.3 Å². The first-order valence-electron chi connectivity index (χ1n) is 8.72. The molecule has 5 nitrogen and oxygen atoms in total. The first kappa shape index (κ1) is 19.0. The van der Waals surface area contributed by atoms with Crippen LogP contribution in [0.2, 0.25) is 0 Å². The van der Waals surface area contributed by atoms with Gasteiger partial charge in [-0.3, -0.25) is 4.79 Å². The molecule has 0 amide bonds. The maximum absolute atomic E-state index is 12.8. The zero-order valence-electron chi connectivity index (χ0n) is 14.7. The second-order valence-electron chi connectivity index (χ2n) is 6.70. The highest BCUT2D eigenvalue weighted by Crippen LogP contribution is 2.42. The lowest BCUT2D eigenvalue weighted by Gasteiger charge is -2.29. The molecule has 1 saturated carbocycles. The molecule has 0 spiro atoms. The summed E-state index contributed by atoms with van der Waals surface area (Å²) in [7, 11) is 1.64. The Morgan fingerprint density at radius 3 is 2.33 bits per heavy atom. The third-order valence-corrected chi connectivity index (χ3v) is 5.05. The molecule has 1 aromatic carbocycles. The Balaban J connectivity index is 1.89. The van der Waals surface area contributed by atoms with Crippen molar-refractivity contribution in [3.63, 3.8) is 0 Å². The standard InChI is InChI=1S/C19H19F3N4O/c1-24-17-15(12-4-2-11(10-23)3-5-12)18(27)26-16(25-17)13-6-8-14(9-7-13)19(20,21)22/h2-5,13-14H,6-9H2,1H3,(H2,24,25,26,27)/t13-,14+. The second-order valence-corrected chi connectivity index (χ2v) is 6.70. The van der Waals surface area contributed by atoms with Crippen molar-refractivity contribution in [3.8, 4) is 17.2 Å². The van der Waals surface area contributed by atoms with Crippen LogP contribution in [0.3, 0.4) is 0 Å². The molecule has 8 heteroatoms. The highest BCUT2D eigenvalue weighted by molar-refractivity contribution is 5.74. The van der Waals surface area contributed by atoms with Crippen molar-refractivity contribution in [3.05, 3.63) is 46.0 Å². The van der Waals surface area contributed by atoms with Gasteiger partial charge in [0.1, 0.15) is 11.6 Å². The number of rotatable bonds is 3. The van der Waals surface area contributed by atoms with Gasteiger partial charge in [0.15, 0.2) is 0 Å². The molecule has 142 valence electrons. The third-order valence-electron chi connectivity index (χ3n) is 5.05. The van der Waals surface area contributed by atoms with Gasteiger partial charge in [-0.15, -0.1) is 0 Å². The number of benzene rings is 1. The summed E-state index contributed by atoms with van der Waals surface area (Å²) in [5.41, 5.74) is 1.08. The van der Waals surface area contributed by atoms with Crippen LogP contribution in [0.5, 0.6) is 0 Å². The van der Waals surface area contributed by atoms with E-state index < -0.39 is 12.1 Å². The van der Waals surface area contributed by atoms with Crippen LogP contribution in [0.15, 0.2) is 29.1 Å². The fraction of sp³-hybridized carbons (Fsp3) is 0.421. The molecule has 1 fully saturated rings. The Labute approximate surface area is 154 Å². The topological polar surface area (TPSA) is 81.6 Å². The zero-order valence-corrected chi connectivity index (χ0v) is 14.7. The number of aromatic amines is 1. The monoisotopic (exact) mass is 376 g/mol. The number of hydrogen-bond donors (Lipinski definition) is 2. The fourth-order valence-corrected chi connectivity index (χ4v) is 3.54. The molecule has 0 radical (unpaired) electrons. The number of nitrogens with zero attached hydrogens (tertiary/aromatic N) is 2. The molecule has 1 aromatic heterocycles. The summed E-state index contributed by atoms with van der Waals surface area (Å²) in [6.45, 7) is 0. The van der Waals surface area contributed by atoms with Crippen molar-refractivity contribution in [2.45, 2.75) is 37.8 Å². The molecule has 2 N–H and O–H groups in total. The number of nitriles is 1. The van der Waals surface area contributed by atoms with E-state index in [2.05, 4.69) is 15.3 Å². The molecular weight excluding hydrogens is 357 g/mol. The molecule has 1 aliphatic rings. The lowest BCUT2D eigenvalue weighted by Crippen LogP contribution is -2.28. The molecule has 1 aliphatic carbocycles. The highest BCUT2D eigenvalue weighted by atomic mass is 19.4. The number of hydrogen-bond acceptors (Lipinski definition) is 4. The minimum Gasteiger partial charge on any atom is -0.372 e. The van der Waals surface area contributed by atoms with Crippen LogP contribution in [0, 0.1) is 17.2 Å². The van der Waals surface area contributed by atoms with Gasteiger partial charge in [-0.1, -0.05) is 12.1 Å². The first-order valence-corrected chi connectivity index (χ1v) is 8.72. The average molecular weight is 376 g/mol. The van der Waals surface area contributed by atoms with Gasteiger partial charge in [0.2, 0.25) is 0 Å². The summed E-state index contributed by atoms with van der Waals surface area (Å²) < 4.78 is 38.5. The van der Waals surface area contributed by atoms with Crippen LogP contribution in [-0.4, -0.2) is 23.2 Å². The smallest absolute Gasteiger partial charge is 0.372 e. The molecule has 0 unspecified atom stereocenters. The van der Waals surface area contributed by atoms with Gasteiger partial charge in [-0.25, -0.2) is 4.98 Å². The second kappa shape index (κ2) is 7.43. The molecule has 0 saturated heterocycles. The van der Waals surface area contributed by atoms with Gasteiger partial charge in [0.05, 0.1) is 23.1 Å². The number of halogens is 3. The maximum atomic E-state index is 12.8. The van der Waals surface area contributed by atoms with Crippen molar-refractivity contribution in [1.29, 1.82) is 5.26 Å². The van der Waals surface area contributed by atoms with Crippen LogP contribution < -0.4 is 10.9 Å². The minimum atomic E-state index is -4.17. The normalized spacial score (nSPS) is 20.1. The molecule has 0 atom stereocenters. The third kappa shape index (κ3) is 3.97. The molecular formula is C19H19F3N4O. The zero-order chi connectivity index (χ0) is 19.6. The Kier molecular flexibility index (Phi) is 5.22. The SMILES string of the molecule is CNc1nc([C@H]2CC[C@@H](C(F)(F)F)CC2)[nH]c(=O)c1-c1ccc(C#N)cc1. The average Bonchev–Trinajstić information content (AvgIpc) is 2.67. The number of anilines is 1. The van der Waals surface area contributed by atoms with E-state index in [1.807, 2.05) is 6.07 Å². The predicted octanol–water partition coefficient (Wildman–Crippen LogP) is 4.19. The molecule has 27 heavy (non-hydrogen) atoms. The van der Waals surface area contributed by atoms with E-state index in [0.717, 1.165) is 0 Å². The van der Waals surface area contributed by atoms with Crippen LogP contribution >= 0.6 is 0 Å². The summed E-state index contributed by atoms with van der Waals surface area (Å²) in [5, 5.41) is 11.8. The van der Waals surface area contributed by atoms with Crippen LogP contribution in [0.4, 0.5) is 19.0 Å². The number of nitrogens with one attached hydrogen (secondary N) is 2. The van der Waals surface area contributed by atoms with Gasteiger partial charge < -0.3 is 10.3 Å². The van der Waals surface area contributed by atoms with Gasteiger partial charge in [0, 0.05) is 13.0 Å². The quantitative estimate of drug-likeness (QED) is 0.842. The van der Waals surface area contributed by atoms with Crippen LogP contribution in [0.25, 0.3) is 11.1 Å². The summed E-state index contributed by atoms with van der Waals surface area (Å²) in [4.78, 5) is 19.9. The van der Waals surface area contributed by atoms with E-state index in [1.165, 1.54) is 0 Å². The lowest BCUT2D eigenvalue weighted by molar-refractivity contribution is -0.182. The molecule has 2 aromatic rings. The number of alkyl halides is 3. The fourth-order valence-electron chi connectivity index (χ4n) is 3.54. The van der Waals surface area contributed by atoms with E-state index in [0.29, 0.717) is 41.2 Å². The largest absolute Gasteiger partial charge is 0.391 e. The van der Waals surface area contributed by atoms with Gasteiger partial charge in [0.25, 0.3) is 5.56 Å². The molecule has 1 heterocycles. The Morgan fingerprint density at radius 2 is 1.81 bits per heavy atom. The Hall–Kier alpha value is -2.82. The van der Waals surface area contributed by atoms with Crippen molar-refractivity contribution in [2.75, 3.05) is 12.4 Å². The molecule has 3 rings (SSSR count). The lowest BCUT2D eigenvalue weighted by atomic mass is 9.81. The number of H-pyrrole nitrogens is 1. The van der Waals surface area contributed by atoms with Crippen molar-refractivity contribution >= 4 is 5.82 Å². The predicted molar refractivity (Wildman–Crippen MR) is 95.3 cm³/mol. The molecule has 0 aliphatic heterocycles. The van der Waals surface area contributed by atoms with Crippen molar-refractivity contribution in [1.82, 2.24) is 9.97 Å². The van der Waals surface area contributed by atoms with Crippen molar-refractivity contribution < 1.29 is 13.2 Å². The van der Waals surface area contributed by atoms with Crippen LogP contribution in [-0.2, 0) is 0 Å². The Bertz CT molecular complexity index is 905. The van der Waals surface area contributed by atoms with E-state index in [4.69, 9.17) is 5.26 Å². The number of aromatic nitrogens is 2. The minimum absolute atomic E-state index is 0.0458. The van der Waals surface area contributed by atoms with E-state index >= 15 is 0 Å². The van der Waals surface area contributed by atoms with Gasteiger partial charge in [-0.2, -0.15) is 18.4 Å². The van der Waals surface area contributed by atoms with E-state index in [9.17, 15) is 18.0 Å². The molecule has 0 bridgehead atoms. The van der Waals surface area contributed by atoms with Gasteiger partial charge >= 0.3 is 6.18 Å². The first-order chi connectivity index (χ1) is 12.8. The summed E-state index contributed by atoms with van der Waals surface area (Å²) >= 11 is 0.